The molecule has 0 saturated carbocycles. The fourth-order valence-corrected chi connectivity index (χ4v) is 2.28. The summed E-state index contributed by atoms with van der Waals surface area (Å²) in [6, 6.07) is 5.52. The Bertz CT molecular complexity index is 462. The van der Waals surface area contributed by atoms with E-state index in [4.69, 9.17) is 26.4 Å². The first kappa shape index (κ1) is 14.9. The Morgan fingerprint density at radius 1 is 1.40 bits per heavy atom. The van der Waals surface area contributed by atoms with Crippen LogP contribution < -0.4 is 20.1 Å². The van der Waals surface area contributed by atoms with Crippen molar-refractivity contribution in [3.63, 3.8) is 0 Å². The second-order valence-corrected chi connectivity index (χ2v) is 4.94. The third kappa shape index (κ3) is 3.98. The normalized spacial score (nSPS) is 17.6. The zero-order chi connectivity index (χ0) is 14.4. The molecule has 0 spiro atoms. The van der Waals surface area contributed by atoms with Crippen molar-refractivity contribution in [2.75, 3.05) is 32.7 Å². The number of methoxy groups -OCH3 is 2. The van der Waals surface area contributed by atoms with E-state index >= 15 is 0 Å². The Balaban J connectivity index is 1.91. The van der Waals surface area contributed by atoms with Crippen LogP contribution in [0.1, 0.15) is 12.8 Å². The van der Waals surface area contributed by atoms with Gasteiger partial charge in [-0.05, 0) is 37.2 Å². The fraction of sp³-hybridized carbons (Fsp3) is 0.500. The van der Waals surface area contributed by atoms with E-state index < -0.39 is 0 Å². The van der Waals surface area contributed by atoms with Crippen LogP contribution in [-0.2, 0) is 4.74 Å². The van der Waals surface area contributed by atoms with Crippen molar-refractivity contribution in [3.05, 3.63) is 18.2 Å². The van der Waals surface area contributed by atoms with E-state index in [0.717, 1.165) is 37.4 Å². The Morgan fingerprint density at radius 3 is 2.90 bits per heavy atom. The summed E-state index contributed by atoms with van der Waals surface area (Å²) in [4.78, 5) is 0. The van der Waals surface area contributed by atoms with Crippen LogP contribution in [0.5, 0.6) is 11.5 Å². The number of benzene rings is 1. The summed E-state index contributed by atoms with van der Waals surface area (Å²) < 4.78 is 16.0. The number of ether oxygens (including phenoxy) is 3. The monoisotopic (exact) mass is 296 g/mol. The first-order valence-electron chi connectivity index (χ1n) is 6.61. The third-order valence-corrected chi connectivity index (χ3v) is 3.42. The van der Waals surface area contributed by atoms with Gasteiger partial charge in [0.2, 0.25) is 0 Å². The summed E-state index contributed by atoms with van der Waals surface area (Å²) >= 11 is 5.28. The highest BCUT2D eigenvalue weighted by molar-refractivity contribution is 7.80. The number of hydrogen-bond donors (Lipinski definition) is 2. The van der Waals surface area contributed by atoms with Crippen LogP contribution in [0.15, 0.2) is 18.2 Å². The predicted octanol–water partition coefficient (Wildman–Crippen LogP) is 2.17. The second-order valence-electron chi connectivity index (χ2n) is 4.54. The van der Waals surface area contributed by atoms with Crippen molar-refractivity contribution >= 4 is 23.0 Å². The molecule has 1 aliphatic heterocycles. The van der Waals surface area contributed by atoms with Crippen molar-refractivity contribution < 1.29 is 14.2 Å². The lowest BCUT2D eigenvalue weighted by Crippen LogP contribution is -2.34. The summed E-state index contributed by atoms with van der Waals surface area (Å²) in [6.07, 6.45) is 2.45. The van der Waals surface area contributed by atoms with Gasteiger partial charge in [-0.3, -0.25) is 0 Å². The minimum absolute atomic E-state index is 0.252. The summed E-state index contributed by atoms with van der Waals surface area (Å²) in [5, 5.41) is 6.83. The molecule has 0 aliphatic carbocycles. The molecule has 110 valence electrons. The highest BCUT2D eigenvalue weighted by atomic mass is 32.1. The zero-order valence-electron chi connectivity index (χ0n) is 11.8. The van der Waals surface area contributed by atoms with Gasteiger partial charge in [-0.15, -0.1) is 0 Å². The molecule has 6 heteroatoms. The molecular weight excluding hydrogens is 276 g/mol. The standard InChI is InChI=1S/C14H20N2O3S/c1-17-10-5-6-13(18-2)12(8-10)16-14(20)15-9-11-4-3-7-19-11/h5-6,8,11H,3-4,7,9H2,1-2H3,(H2,15,16,20)/t11-/m0/s1. The molecule has 1 saturated heterocycles. The van der Waals surface area contributed by atoms with Crippen molar-refractivity contribution in [2.45, 2.75) is 18.9 Å². The van der Waals surface area contributed by atoms with Gasteiger partial charge in [-0.1, -0.05) is 0 Å². The smallest absolute Gasteiger partial charge is 0.170 e. The lowest BCUT2D eigenvalue weighted by atomic mass is 10.2. The summed E-state index contributed by atoms with van der Waals surface area (Å²) in [7, 11) is 3.25. The molecule has 5 nitrogen and oxygen atoms in total. The molecule has 1 atom stereocenters. The molecule has 2 rings (SSSR count). The molecule has 2 N–H and O–H groups in total. The average Bonchev–Trinajstić information content (AvgIpc) is 2.98. The van der Waals surface area contributed by atoms with Crippen LogP contribution in [0, 0.1) is 0 Å². The number of anilines is 1. The Morgan fingerprint density at radius 2 is 2.25 bits per heavy atom. The lowest BCUT2D eigenvalue weighted by molar-refractivity contribution is 0.114. The van der Waals surface area contributed by atoms with E-state index in [1.54, 1.807) is 14.2 Å². The minimum Gasteiger partial charge on any atom is -0.497 e. The fourth-order valence-electron chi connectivity index (χ4n) is 2.09. The highest BCUT2D eigenvalue weighted by Gasteiger charge is 2.15. The molecule has 1 aliphatic rings. The Labute approximate surface area is 124 Å². The minimum atomic E-state index is 0.252. The lowest BCUT2D eigenvalue weighted by Gasteiger charge is -2.16. The molecular formula is C14H20N2O3S. The largest absolute Gasteiger partial charge is 0.497 e. The van der Waals surface area contributed by atoms with Crippen molar-refractivity contribution in [3.8, 4) is 11.5 Å². The molecule has 0 amide bonds. The maximum absolute atomic E-state index is 5.54. The molecule has 1 fully saturated rings. The molecule has 1 aromatic carbocycles. The topological polar surface area (TPSA) is 51.8 Å². The average molecular weight is 296 g/mol. The van der Waals surface area contributed by atoms with Crippen LogP contribution in [0.25, 0.3) is 0 Å². The number of hydrogen-bond acceptors (Lipinski definition) is 4. The van der Waals surface area contributed by atoms with Gasteiger partial charge in [-0.25, -0.2) is 0 Å². The molecule has 0 aromatic heterocycles. The van der Waals surface area contributed by atoms with Gasteiger partial charge in [0, 0.05) is 19.2 Å². The van der Waals surface area contributed by atoms with E-state index in [9.17, 15) is 0 Å². The first-order chi connectivity index (χ1) is 9.72. The van der Waals surface area contributed by atoms with Crippen LogP contribution in [0.4, 0.5) is 5.69 Å². The second kappa shape index (κ2) is 7.31. The molecule has 0 radical (unpaired) electrons. The molecule has 0 bridgehead atoms. The van der Waals surface area contributed by atoms with Gasteiger partial charge >= 0.3 is 0 Å². The van der Waals surface area contributed by atoms with Crippen LogP contribution in [-0.4, -0.2) is 38.6 Å². The van der Waals surface area contributed by atoms with Crippen molar-refractivity contribution in [1.82, 2.24) is 5.32 Å². The number of rotatable bonds is 5. The molecule has 1 heterocycles. The Kier molecular flexibility index (Phi) is 5.43. The zero-order valence-corrected chi connectivity index (χ0v) is 12.6. The van der Waals surface area contributed by atoms with E-state index in [0.29, 0.717) is 10.9 Å². The quantitative estimate of drug-likeness (QED) is 0.812. The first-order valence-corrected chi connectivity index (χ1v) is 7.02. The van der Waals surface area contributed by atoms with Crippen LogP contribution in [0.3, 0.4) is 0 Å². The van der Waals surface area contributed by atoms with Crippen LogP contribution in [0.2, 0.25) is 0 Å². The SMILES string of the molecule is COc1ccc(OC)c(NC(=S)NC[C@@H]2CCCO2)c1. The van der Waals surface area contributed by atoms with Gasteiger partial charge in [0.05, 0.1) is 26.0 Å². The maximum Gasteiger partial charge on any atom is 0.170 e. The van der Waals surface area contributed by atoms with E-state index in [2.05, 4.69) is 10.6 Å². The van der Waals surface area contributed by atoms with E-state index in [1.807, 2.05) is 18.2 Å². The maximum atomic E-state index is 5.54. The highest BCUT2D eigenvalue weighted by Crippen LogP contribution is 2.28. The number of thiocarbonyl (C=S) groups is 1. The predicted molar refractivity (Wildman–Crippen MR) is 82.7 cm³/mol. The van der Waals surface area contributed by atoms with Gasteiger partial charge in [0.15, 0.2) is 5.11 Å². The third-order valence-electron chi connectivity index (χ3n) is 3.17. The summed E-state index contributed by atoms with van der Waals surface area (Å²) in [5.74, 6) is 1.46. The van der Waals surface area contributed by atoms with E-state index in [1.165, 1.54) is 0 Å². The summed E-state index contributed by atoms with van der Waals surface area (Å²) in [6.45, 7) is 1.56. The van der Waals surface area contributed by atoms with Crippen molar-refractivity contribution in [1.29, 1.82) is 0 Å². The molecule has 20 heavy (non-hydrogen) atoms. The van der Waals surface area contributed by atoms with Crippen LogP contribution >= 0.6 is 12.2 Å². The van der Waals surface area contributed by atoms with Gasteiger partial charge in [0.1, 0.15) is 11.5 Å². The van der Waals surface area contributed by atoms with E-state index in [-0.39, 0.29) is 6.10 Å². The molecule has 0 unspecified atom stereocenters. The Hall–Kier alpha value is -1.53. The van der Waals surface area contributed by atoms with Gasteiger partial charge < -0.3 is 24.8 Å². The van der Waals surface area contributed by atoms with Crippen molar-refractivity contribution in [2.24, 2.45) is 0 Å². The molecule has 1 aromatic rings. The summed E-state index contributed by atoms with van der Waals surface area (Å²) in [5.41, 5.74) is 0.775. The number of nitrogens with one attached hydrogen (secondary N) is 2. The van der Waals surface area contributed by atoms with Gasteiger partial charge in [0.25, 0.3) is 0 Å². The van der Waals surface area contributed by atoms with Gasteiger partial charge in [-0.2, -0.15) is 0 Å².